The molecule has 0 fully saturated rings. The fraction of sp³-hybridized carbons (Fsp3) is 0. The SMILES string of the molecule is O=C1/C(=C\c2ccc(Br)cc2)N=C(c2ccc(F)cc2)N1c1ccc(Cl)cc1. The fourth-order valence-electron chi connectivity index (χ4n) is 2.86. The zero-order chi connectivity index (χ0) is 19.7. The Morgan fingerprint density at radius 1 is 0.929 bits per heavy atom. The summed E-state index contributed by atoms with van der Waals surface area (Å²) in [6.07, 6.45) is 1.73. The number of aliphatic imine (C=N–C) groups is 1. The van der Waals surface area contributed by atoms with E-state index in [1.54, 1.807) is 42.5 Å². The Bertz CT molecular complexity index is 1090. The van der Waals surface area contributed by atoms with E-state index in [9.17, 15) is 9.18 Å². The Morgan fingerprint density at radius 3 is 2.21 bits per heavy atom. The van der Waals surface area contributed by atoms with E-state index < -0.39 is 0 Å². The van der Waals surface area contributed by atoms with Gasteiger partial charge in [-0.25, -0.2) is 9.38 Å². The second-order valence-corrected chi connectivity index (χ2v) is 7.49. The fourth-order valence-corrected chi connectivity index (χ4v) is 3.25. The molecule has 3 aromatic carbocycles. The second kappa shape index (κ2) is 7.70. The molecule has 0 atom stereocenters. The number of anilines is 1. The first-order valence-electron chi connectivity index (χ1n) is 8.43. The third-order valence-electron chi connectivity index (χ3n) is 4.22. The molecule has 138 valence electrons. The van der Waals surface area contributed by atoms with Crippen LogP contribution in [0.5, 0.6) is 0 Å². The van der Waals surface area contributed by atoms with Gasteiger partial charge in [-0.15, -0.1) is 0 Å². The van der Waals surface area contributed by atoms with Crippen LogP contribution in [-0.2, 0) is 4.79 Å². The largest absolute Gasteiger partial charge is 0.282 e. The van der Waals surface area contributed by atoms with Crippen molar-refractivity contribution in [2.24, 2.45) is 4.99 Å². The summed E-state index contributed by atoms with van der Waals surface area (Å²) in [6, 6.07) is 20.4. The molecule has 28 heavy (non-hydrogen) atoms. The minimum atomic E-state index is -0.350. The van der Waals surface area contributed by atoms with Crippen LogP contribution in [0.2, 0.25) is 5.02 Å². The summed E-state index contributed by atoms with van der Waals surface area (Å²) < 4.78 is 14.3. The quantitative estimate of drug-likeness (QED) is 0.441. The van der Waals surface area contributed by atoms with Crippen LogP contribution in [0.15, 0.2) is 88.0 Å². The summed E-state index contributed by atoms with van der Waals surface area (Å²) in [6.45, 7) is 0. The van der Waals surface area contributed by atoms with E-state index in [1.807, 2.05) is 24.3 Å². The molecule has 4 rings (SSSR count). The van der Waals surface area contributed by atoms with Gasteiger partial charge < -0.3 is 0 Å². The van der Waals surface area contributed by atoms with Crippen molar-refractivity contribution in [3.05, 3.63) is 105 Å². The summed E-state index contributed by atoms with van der Waals surface area (Å²) in [5.74, 6) is -0.169. The van der Waals surface area contributed by atoms with Crippen LogP contribution in [0.4, 0.5) is 10.1 Å². The van der Waals surface area contributed by atoms with Crippen molar-refractivity contribution in [3.63, 3.8) is 0 Å². The lowest BCUT2D eigenvalue weighted by atomic mass is 10.1. The van der Waals surface area contributed by atoms with Gasteiger partial charge in [0.05, 0.1) is 5.69 Å². The van der Waals surface area contributed by atoms with E-state index >= 15 is 0 Å². The van der Waals surface area contributed by atoms with E-state index in [4.69, 9.17) is 11.6 Å². The highest BCUT2D eigenvalue weighted by Crippen LogP contribution is 2.29. The third kappa shape index (κ3) is 3.77. The number of carbonyl (C=O) groups is 1. The maximum Gasteiger partial charge on any atom is 0.282 e. The number of hydrogen-bond acceptors (Lipinski definition) is 2. The molecule has 1 aliphatic rings. The van der Waals surface area contributed by atoms with Crippen LogP contribution in [0, 0.1) is 5.82 Å². The van der Waals surface area contributed by atoms with Gasteiger partial charge in [0.1, 0.15) is 17.3 Å². The Hall–Kier alpha value is -2.76. The molecule has 0 saturated heterocycles. The van der Waals surface area contributed by atoms with Crippen molar-refractivity contribution in [2.45, 2.75) is 0 Å². The highest BCUT2D eigenvalue weighted by Gasteiger charge is 2.32. The van der Waals surface area contributed by atoms with Gasteiger partial charge in [-0.2, -0.15) is 0 Å². The smallest absolute Gasteiger partial charge is 0.266 e. The van der Waals surface area contributed by atoms with Gasteiger partial charge in [-0.3, -0.25) is 9.69 Å². The number of benzene rings is 3. The first-order chi connectivity index (χ1) is 13.5. The summed E-state index contributed by atoms with van der Waals surface area (Å²) in [5, 5.41) is 0.571. The molecule has 0 radical (unpaired) electrons. The maximum atomic E-state index is 13.4. The van der Waals surface area contributed by atoms with Gasteiger partial charge in [-0.1, -0.05) is 39.7 Å². The lowest BCUT2D eigenvalue weighted by molar-refractivity contribution is -0.113. The number of hydrogen-bond donors (Lipinski definition) is 0. The van der Waals surface area contributed by atoms with E-state index in [1.165, 1.54) is 17.0 Å². The molecule has 0 saturated carbocycles. The standard InChI is InChI=1S/C22H13BrClFN2O/c23-16-5-1-14(2-6-16)13-20-22(28)27(19-11-7-17(24)8-12-19)21(26-20)15-3-9-18(25)10-4-15/h1-13H/b20-13+. The molecule has 0 N–H and O–H groups in total. The second-order valence-electron chi connectivity index (χ2n) is 6.14. The third-order valence-corrected chi connectivity index (χ3v) is 5.00. The van der Waals surface area contributed by atoms with Crippen LogP contribution in [0.3, 0.4) is 0 Å². The molecule has 6 heteroatoms. The highest BCUT2D eigenvalue weighted by atomic mass is 79.9. The molecule has 0 aromatic heterocycles. The lowest BCUT2D eigenvalue weighted by Gasteiger charge is -2.18. The number of halogens is 3. The van der Waals surface area contributed by atoms with Crippen molar-refractivity contribution in [1.82, 2.24) is 0 Å². The first kappa shape index (κ1) is 18.6. The minimum absolute atomic E-state index is 0.260. The Labute approximate surface area is 174 Å². The highest BCUT2D eigenvalue weighted by molar-refractivity contribution is 9.10. The number of nitrogens with zero attached hydrogens (tertiary/aromatic N) is 2. The number of amidine groups is 1. The van der Waals surface area contributed by atoms with E-state index in [0.717, 1.165) is 10.0 Å². The normalized spacial score (nSPS) is 15.2. The summed E-state index contributed by atoms with van der Waals surface area (Å²) >= 11 is 9.38. The molecular weight excluding hydrogens is 443 g/mol. The van der Waals surface area contributed by atoms with Gasteiger partial charge in [0.25, 0.3) is 5.91 Å². The van der Waals surface area contributed by atoms with Crippen LogP contribution in [-0.4, -0.2) is 11.7 Å². The molecule has 0 aliphatic carbocycles. The maximum absolute atomic E-state index is 13.4. The van der Waals surface area contributed by atoms with Crippen molar-refractivity contribution < 1.29 is 9.18 Å². The average Bonchev–Trinajstić information content (AvgIpc) is 3.01. The molecule has 3 nitrogen and oxygen atoms in total. The first-order valence-corrected chi connectivity index (χ1v) is 9.60. The van der Waals surface area contributed by atoms with Crippen molar-refractivity contribution in [1.29, 1.82) is 0 Å². The topological polar surface area (TPSA) is 32.7 Å². The summed E-state index contributed by atoms with van der Waals surface area (Å²) in [4.78, 5) is 19.2. The van der Waals surface area contributed by atoms with Crippen LogP contribution >= 0.6 is 27.5 Å². The molecule has 1 amide bonds. The van der Waals surface area contributed by atoms with Crippen LogP contribution in [0.25, 0.3) is 6.08 Å². The molecule has 0 unspecified atom stereocenters. The number of rotatable bonds is 3. The van der Waals surface area contributed by atoms with Crippen molar-refractivity contribution in [3.8, 4) is 0 Å². The van der Waals surface area contributed by atoms with Gasteiger partial charge >= 0.3 is 0 Å². The summed E-state index contributed by atoms with van der Waals surface area (Å²) in [7, 11) is 0. The van der Waals surface area contributed by atoms with Crippen molar-refractivity contribution >= 4 is 51.0 Å². The number of amides is 1. The van der Waals surface area contributed by atoms with Crippen molar-refractivity contribution in [2.75, 3.05) is 4.90 Å². The minimum Gasteiger partial charge on any atom is -0.266 e. The number of carbonyl (C=O) groups excluding carboxylic acids is 1. The van der Waals surface area contributed by atoms with Gasteiger partial charge in [-0.05, 0) is 72.3 Å². The lowest BCUT2D eigenvalue weighted by Crippen LogP contribution is -2.32. The molecule has 0 bridgehead atoms. The zero-order valence-electron chi connectivity index (χ0n) is 14.4. The Kier molecular flexibility index (Phi) is 5.11. The monoisotopic (exact) mass is 454 g/mol. The van der Waals surface area contributed by atoms with Gasteiger partial charge in [0.2, 0.25) is 0 Å². The van der Waals surface area contributed by atoms with Crippen LogP contribution in [0.1, 0.15) is 11.1 Å². The zero-order valence-corrected chi connectivity index (χ0v) is 16.8. The Morgan fingerprint density at radius 2 is 1.57 bits per heavy atom. The van der Waals surface area contributed by atoms with E-state index in [2.05, 4.69) is 20.9 Å². The van der Waals surface area contributed by atoms with Crippen LogP contribution < -0.4 is 4.90 Å². The molecule has 1 aliphatic heterocycles. The van der Waals surface area contributed by atoms with E-state index in [-0.39, 0.29) is 11.7 Å². The Balaban J connectivity index is 1.81. The van der Waals surface area contributed by atoms with E-state index in [0.29, 0.717) is 27.8 Å². The van der Waals surface area contributed by atoms with Gasteiger partial charge in [0.15, 0.2) is 0 Å². The van der Waals surface area contributed by atoms with Gasteiger partial charge in [0, 0.05) is 15.1 Å². The average molecular weight is 456 g/mol. The summed E-state index contributed by atoms with van der Waals surface area (Å²) in [5.41, 5.74) is 2.43. The molecular formula is C22H13BrClFN2O. The predicted molar refractivity (Wildman–Crippen MR) is 114 cm³/mol. The molecule has 3 aromatic rings. The molecule has 1 heterocycles. The molecule has 0 spiro atoms. The predicted octanol–water partition coefficient (Wildman–Crippen LogP) is 6.08.